The summed E-state index contributed by atoms with van der Waals surface area (Å²) in [6.07, 6.45) is 0. The van der Waals surface area contributed by atoms with Crippen LogP contribution >= 0.6 is 0 Å². The highest BCUT2D eigenvalue weighted by Crippen LogP contribution is 2.00. The van der Waals surface area contributed by atoms with E-state index in [4.69, 9.17) is 0 Å². The summed E-state index contributed by atoms with van der Waals surface area (Å²) in [5.74, 6) is 0. The van der Waals surface area contributed by atoms with Crippen LogP contribution in [0.2, 0.25) is 0 Å². The van der Waals surface area contributed by atoms with Crippen LogP contribution in [0.15, 0.2) is 0 Å². The zero-order valence-electron chi connectivity index (χ0n) is 11.0. The number of imide groups is 1. The number of urea groups is 2. The predicted octanol–water partition coefficient (Wildman–Crippen LogP) is 0.213. The third-order valence-corrected chi connectivity index (χ3v) is 2.00. The largest absolute Gasteiger partial charge is 0.330 e. The Hall–Kier alpha value is -1.30. The molecule has 0 aromatic heterocycles. The first-order valence-electron chi connectivity index (χ1n) is 5.12. The highest BCUT2D eigenvalue weighted by molar-refractivity contribution is 5.93. The zero-order valence-corrected chi connectivity index (χ0v) is 11.0. The van der Waals surface area contributed by atoms with Crippen LogP contribution < -0.4 is 0 Å². The molecule has 0 aliphatic carbocycles. The van der Waals surface area contributed by atoms with Crippen molar-refractivity contribution >= 4 is 12.1 Å². The minimum absolute atomic E-state index is 0.291. The molecule has 0 aromatic carbocycles. The van der Waals surface area contributed by atoms with Crippen LogP contribution in [0.3, 0.4) is 0 Å². The normalized spacial score (nSPS) is 10.2. The molecule has 4 amide bonds. The summed E-state index contributed by atoms with van der Waals surface area (Å²) in [6, 6.07) is -0.582. The fraction of sp³-hybridized carbons (Fsp3) is 0.800. The van der Waals surface area contributed by atoms with Crippen molar-refractivity contribution in [3.63, 3.8) is 0 Å². The minimum Gasteiger partial charge on any atom is -0.330 e. The van der Waals surface area contributed by atoms with Crippen molar-refractivity contribution in [3.05, 3.63) is 0 Å². The standard InChI is InChI=1S/C10H22N4O2/c1-11(2)7-8-14(9(15)12(3)4)10(16)13(5)6/h7-8H2,1-6H3. The first-order valence-corrected chi connectivity index (χ1v) is 5.12. The minimum atomic E-state index is -0.291. The van der Waals surface area contributed by atoms with E-state index in [9.17, 15) is 9.59 Å². The highest BCUT2D eigenvalue weighted by Gasteiger charge is 2.23. The maximum Gasteiger partial charge on any atom is 0.327 e. The van der Waals surface area contributed by atoms with Crippen molar-refractivity contribution < 1.29 is 9.59 Å². The average Bonchev–Trinajstić information content (AvgIpc) is 2.16. The molecule has 0 atom stereocenters. The molecule has 0 radical (unpaired) electrons. The molecule has 0 heterocycles. The predicted molar refractivity (Wildman–Crippen MR) is 63.4 cm³/mol. The number of hydrogen-bond donors (Lipinski definition) is 0. The molecule has 0 saturated carbocycles. The second kappa shape index (κ2) is 6.32. The lowest BCUT2D eigenvalue weighted by atomic mass is 10.5. The van der Waals surface area contributed by atoms with Crippen LogP contribution in [0.4, 0.5) is 9.59 Å². The van der Waals surface area contributed by atoms with Gasteiger partial charge >= 0.3 is 12.1 Å². The molecule has 0 fully saturated rings. The Balaban J connectivity index is 4.63. The van der Waals surface area contributed by atoms with Crippen molar-refractivity contribution in [3.8, 4) is 0 Å². The van der Waals surface area contributed by atoms with E-state index in [1.54, 1.807) is 28.2 Å². The van der Waals surface area contributed by atoms with Crippen LogP contribution in [-0.4, -0.2) is 87.0 Å². The second-order valence-electron chi connectivity index (χ2n) is 4.31. The van der Waals surface area contributed by atoms with Crippen molar-refractivity contribution in [2.24, 2.45) is 0 Å². The van der Waals surface area contributed by atoms with Gasteiger partial charge < -0.3 is 14.7 Å². The van der Waals surface area contributed by atoms with E-state index < -0.39 is 0 Å². The van der Waals surface area contributed by atoms with Gasteiger partial charge in [-0.15, -0.1) is 0 Å². The Morgan fingerprint density at radius 1 is 0.750 bits per heavy atom. The van der Waals surface area contributed by atoms with E-state index in [0.717, 1.165) is 0 Å². The maximum atomic E-state index is 11.8. The molecule has 0 aliphatic rings. The molecule has 0 N–H and O–H groups in total. The van der Waals surface area contributed by atoms with Gasteiger partial charge in [-0.25, -0.2) is 14.5 Å². The summed E-state index contributed by atoms with van der Waals surface area (Å²) in [4.78, 5) is 29.5. The molecule has 0 bridgehead atoms. The quantitative estimate of drug-likeness (QED) is 0.696. The monoisotopic (exact) mass is 230 g/mol. The summed E-state index contributed by atoms with van der Waals surface area (Å²) < 4.78 is 0. The Morgan fingerprint density at radius 2 is 1.12 bits per heavy atom. The third-order valence-electron chi connectivity index (χ3n) is 2.00. The average molecular weight is 230 g/mol. The smallest absolute Gasteiger partial charge is 0.327 e. The Labute approximate surface area is 97.4 Å². The summed E-state index contributed by atoms with van der Waals surface area (Å²) in [6.45, 7) is 1.04. The molecular formula is C10H22N4O2. The number of rotatable bonds is 3. The third kappa shape index (κ3) is 4.48. The first kappa shape index (κ1) is 14.7. The lowest BCUT2D eigenvalue weighted by Crippen LogP contribution is -2.49. The maximum absolute atomic E-state index is 11.8. The van der Waals surface area contributed by atoms with Gasteiger partial charge in [0.05, 0.1) is 0 Å². The summed E-state index contributed by atoms with van der Waals surface area (Å²) in [7, 11) is 10.3. The number of carbonyl (C=O) groups excluding carboxylic acids is 2. The molecule has 0 spiro atoms. The molecule has 0 unspecified atom stereocenters. The van der Waals surface area contributed by atoms with Crippen LogP contribution in [0.25, 0.3) is 0 Å². The Bertz CT molecular complexity index is 231. The number of carbonyl (C=O) groups is 2. The van der Waals surface area contributed by atoms with Gasteiger partial charge in [0.2, 0.25) is 0 Å². The van der Waals surface area contributed by atoms with E-state index >= 15 is 0 Å². The van der Waals surface area contributed by atoms with Crippen LogP contribution in [-0.2, 0) is 0 Å². The van der Waals surface area contributed by atoms with Crippen LogP contribution in [0.1, 0.15) is 0 Å². The molecule has 0 rings (SSSR count). The number of nitrogens with zero attached hydrogens (tertiary/aromatic N) is 4. The fourth-order valence-corrected chi connectivity index (χ4v) is 1.06. The molecule has 94 valence electrons. The number of likely N-dealkylation sites (N-methyl/N-ethyl adjacent to an activating group) is 1. The van der Waals surface area contributed by atoms with Crippen molar-refractivity contribution in [1.82, 2.24) is 19.6 Å². The Morgan fingerprint density at radius 3 is 1.38 bits per heavy atom. The van der Waals surface area contributed by atoms with Gasteiger partial charge in [-0.05, 0) is 14.1 Å². The van der Waals surface area contributed by atoms with Gasteiger partial charge in [-0.1, -0.05) is 0 Å². The fourth-order valence-electron chi connectivity index (χ4n) is 1.06. The Kier molecular flexibility index (Phi) is 5.81. The van der Waals surface area contributed by atoms with E-state index in [-0.39, 0.29) is 12.1 Å². The van der Waals surface area contributed by atoms with Crippen LogP contribution in [0.5, 0.6) is 0 Å². The molecule has 0 aliphatic heterocycles. The SMILES string of the molecule is CN(C)CCN(C(=O)N(C)C)C(=O)N(C)C. The molecule has 16 heavy (non-hydrogen) atoms. The number of amides is 4. The molecular weight excluding hydrogens is 208 g/mol. The van der Waals surface area contributed by atoms with Gasteiger partial charge in [0.15, 0.2) is 0 Å². The highest BCUT2D eigenvalue weighted by atomic mass is 16.2. The summed E-state index contributed by atoms with van der Waals surface area (Å²) >= 11 is 0. The van der Waals surface area contributed by atoms with Gasteiger partial charge in [0.25, 0.3) is 0 Å². The molecule has 6 heteroatoms. The summed E-state index contributed by atoms with van der Waals surface area (Å²) in [5, 5.41) is 0. The van der Waals surface area contributed by atoms with Gasteiger partial charge in [-0.2, -0.15) is 0 Å². The molecule has 0 saturated heterocycles. The number of hydrogen-bond acceptors (Lipinski definition) is 3. The topological polar surface area (TPSA) is 47.1 Å². The van der Waals surface area contributed by atoms with E-state index in [1.807, 2.05) is 19.0 Å². The van der Waals surface area contributed by atoms with Gasteiger partial charge in [0, 0.05) is 41.3 Å². The van der Waals surface area contributed by atoms with E-state index in [2.05, 4.69) is 0 Å². The molecule has 6 nitrogen and oxygen atoms in total. The van der Waals surface area contributed by atoms with Crippen molar-refractivity contribution in [1.29, 1.82) is 0 Å². The van der Waals surface area contributed by atoms with Crippen LogP contribution in [0, 0.1) is 0 Å². The van der Waals surface area contributed by atoms with Gasteiger partial charge in [-0.3, -0.25) is 0 Å². The van der Waals surface area contributed by atoms with Gasteiger partial charge in [0.1, 0.15) is 0 Å². The zero-order chi connectivity index (χ0) is 12.9. The lowest BCUT2D eigenvalue weighted by Gasteiger charge is -2.28. The van der Waals surface area contributed by atoms with Crippen molar-refractivity contribution in [2.45, 2.75) is 0 Å². The van der Waals surface area contributed by atoms with E-state index in [0.29, 0.717) is 13.1 Å². The lowest BCUT2D eigenvalue weighted by molar-refractivity contribution is 0.150. The second-order valence-corrected chi connectivity index (χ2v) is 4.31. The van der Waals surface area contributed by atoms with Crippen molar-refractivity contribution in [2.75, 3.05) is 55.4 Å². The first-order chi connectivity index (χ1) is 7.27. The summed E-state index contributed by atoms with van der Waals surface area (Å²) in [5.41, 5.74) is 0. The molecule has 0 aromatic rings. The van der Waals surface area contributed by atoms with E-state index in [1.165, 1.54) is 14.7 Å².